The molecule has 2 aromatic rings. The average molecular weight is 452 g/mol. The lowest BCUT2D eigenvalue weighted by molar-refractivity contribution is -0.210. The molecule has 0 saturated carbocycles. The maximum absolute atomic E-state index is 12.7. The van der Waals surface area contributed by atoms with Gasteiger partial charge in [-0.25, -0.2) is 9.78 Å². The number of rotatable bonds is 3. The number of carbonyl (C=O) groups excluding carboxylic acids is 1. The summed E-state index contributed by atoms with van der Waals surface area (Å²) >= 11 is 0. The predicted molar refractivity (Wildman–Crippen MR) is 113 cm³/mol. The van der Waals surface area contributed by atoms with Gasteiger partial charge in [0.05, 0.1) is 11.2 Å². The van der Waals surface area contributed by atoms with E-state index in [0.717, 1.165) is 21.7 Å². The number of aryl methyl sites for hydroxylation is 1. The van der Waals surface area contributed by atoms with Crippen molar-refractivity contribution in [3.8, 4) is 0 Å². The van der Waals surface area contributed by atoms with Crippen LogP contribution in [0.1, 0.15) is 32.9 Å². The first-order chi connectivity index (χ1) is 14.8. The van der Waals surface area contributed by atoms with E-state index < -0.39 is 18.2 Å². The number of nitrogens with zero attached hydrogens (tertiary/aromatic N) is 4. The number of hydrogen-bond acceptors (Lipinski definition) is 4. The maximum Gasteiger partial charge on any atom is 0.423 e. The van der Waals surface area contributed by atoms with E-state index in [9.17, 15) is 27.9 Å². The van der Waals surface area contributed by atoms with Crippen LogP contribution in [0, 0.1) is 17.3 Å². The zero-order valence-corrected chi connectivity index (χ0v) is 18.5. The Morgan fingerprint density at radius 1 is 1.25 bits per heavy atom. The molecule has 0 radical (unpaired) electrons. The molecule has 32 heavy (non-hydrogen) atoms. The molecular formula is C22H27F3N4O3. The molecular weight excluding hydrogens is 425 g/mol. The number of alkyl halides is 3. The van der Waals surface area contributed by atoms with Crippen LogP contribution >= 0.6 is 0 Å². The van der Waals surface area contributed by atoms with Gasteiger partial charge in [-0.1, -0.05) is 26.8 Å². The van der Waals surface area contributed by atoms with E-state index in [1.807, 2.05) is 18.2 Å². The Balaban J connectivity index is 1.56. The number of hydrogen-bond donors (Lipinski definition) is 1. The lowest BCUT2D eigenvalue weighted by atomic mass is 9.97. The Morgan fingerprint density at radius 3 is 2.53 bits per heavy atom. The minimum Gasteiger partial charge on any atom is -0.376 e. The average Bonchev–Trinajstić information content (AvgIpc) is 3.32. The molecule has 10 heteroatoms. The van der Waals surface area contributed by atoms with Gasteiger partial charge in [-0.3, -0.25) is 13.9 Å². The number of aliphatic hydroxyl groups excluding tert-OH is 1. The highest BCUT2D eigenvalue weighted by Crippen LogP contribution is 2.41. The van der Waals surface area contributed by atoms with Gasteiger partial charge >= 0.3 is 11.9 Å². The molecule has 174 valence electrons. The number of imidazole rings is 1. The second-order valence-electron chi connectivity index (χ2n) is 10.0. The van der Waals surface area contributed by atoms with Gasteiger partial charge in [0.25, 0.3) is 5.91 Å². The summed E-state index contributed by atoms with van der Waals surface area (Å²) in [7, 11) is 1.69. The van der Waals surface area contributed by atoms with E-state index in [1.165, 1.54) is 4.57 Å². The highest BCUT2D eigenvalue weighted by atomic mass is 19.4. The van der Waals surface area contributed by atoms with Gasteiger partial charge in [0.15, 0.2) is 5.65 Å². The molecule has 1 N–H and O–H groups in total. The largest absolute Gasteiger partial charge is 0.423 e. The Bertz CT molecular complexity index is 1160. The SMILES string of the molecule is Cn1c(=O)n(CC(C)(C)C)c2ccc(C3=CC4CN(C(=O)[C@@H](O)C(F)(F)F)CC4C3)nc21. The Kier molecular flexibility index (Phi) is 5.27. The van der Waals surface area contributed by atoms with Crippen LogP contribution in [0.3, 0.4) is 0 Å². The van der Waals surface area contributed by atoms with Crippen LogP contribution in [0.15, 0.2) is 23.0 Å². The fourth-order valence-corrected chi connectivity index (χ4v) is 4.67. The van der Waals surface area contributed by atoms with Gasteiger partial charge in [0.1, 0.15) is 0 Å². The van der Waals surface area contributed by atoms with Crippen LogP contribution < -0.4 is 5.69 Å². The zero-order valence-electron chi connectivity index (χ0n) is 18.5. The van der Waals surface area contributed by atoms with E-state index in [-0.39, 0.29) is 36.0 Å². The number of fused-ring (bicyclic) bond motifs is 2. The van der Waals surface area contributed by atoms with Crippen LogP contribution in [0.2, 0.25) is 0 Å². The molecule has 3 atom stereocenters. The topological polar surface area (TPSA) is 80.4 Å². The molecule has 0 aromatic carbocycles. The fourth-order valence-electron chi connectivity index (χ4n) is 4.67. The van der Waals surface area contributed by atoms with Gasteiger partial charge in [-0.15, -0.1) is 0 Å². The zero-order chi connectivity index (χ0) is 23.6. The van der Waals surface area contributed by atoms with Crippen molar-refractivity contribution in [1.82, 2.24) is 19.0 Å². The standard InChI is InChI=1S/C22H27F3N4O3/c1-21(2,3)11-29-16-6-5-15(26-18(16)27(4)20(29)32)12-7-13-9-28(10-14(13)8-12)19(31)17(30)22(23,24)25/h5-7,13-14,17,30H,8-11H2,1-4H3/t13?,14?,17-/m1/s1. The molecule has 2 unspecified atom stereocenters. The monoisotopic (exact) mass is 452 g/mol. The molecule has 1 aliphatic heterocycles. The normalized spacial score (nSPS) is 22.4. The minimum absolute atomic E-state index is 0.0128. The summed E-state index contributed by atoms with van der Waals surface area (Å²) in [5, 5.41) is 9.26. The van der Waals surface area contributed by atoms with Crippen molar-refractivity contribution in [3.05, 3.63) is 34.4 Å². The summed E-state index contributed by atoms with van der Waals surface area (Å²) in [4.78, 5) is 30.5. The Hall–Kier alpha value is -2.62. The van der Waals surface area contributed by atoms with Crippen molar-refractivity contribution in [2.75, 3.05) is 13.1 Å². The van der Waals surface area contributed by atoms with Gasteiger partial charge < -0.3 is 10.0 Å². The molecule has 3 heterocycles. The lowest BCUT2D eigenvalue weighted by Crippen LogP contribution is -2.45. The first-order valence-corrected chi connectivity index (χ1v) is 10.6. The number of aromatic nitrogens is 3. The number of likely N-dealkylation sites (tertiary alicyclic amines) is 1. The molecule has 2 aliphatic rings. The smallest absolute Gasteiger partial charge is 0.376 e. The summed E-state index contributed by atoms with van der Waals surface area (Å²) in [5.74, 6) is -1.39. The lowest BCUT2D eigenvalue weighted by Gasteiger charge is -2.22. The summed E-state index contributed by atoms with van der Waals surface area (Å²) < 4.78 is 41.2. The van der Waals surface area contributed by atoms with Crippen molar-refractivity contribution in [3.63, 3.8) is 0 Å². The van der Waals surface area contributed by atoms with E-state index in [1.54, 1.807) is 11.6 Å². The van der Waals surface area contributed by atoms with Crippen molar-refractivity contribution < 1.29 is 23.1 Å². The quantitative estimate of drug-likeness (QED) is 0.776. The molecule has 7 nitrogen and oxygen atoms in total. The maximum atomic E-state index is 12.7. The number of halogens is 3. The molecule has 4 rings (SSSR count). The van der Waals surface area contributed by atoms with E-state index in [4.69, 9.17) is 4.98 Å². The van der Waals surface area contributed by atoms with Gasteiger partial charge in [0.2, 0.25) is 6.10 Å². The van der Waals surface area contributed by atoms with Gasteiger partial charge in [0, 0.05) is 26.7 Å². The molecule has 1 fully saturated rings. The summed E-state index contributed by atoms with van der Waals surface area (Å²) in [5.41, 5.74) is 2.82. The van der Waals surface area contributed by atoms with Crippen LogP contribution in [-0.2, 0) is 18.4 Å². The highest BCUT2D eigenvalue weighted by molar-refractivity contribution is 5.82. The summed E-state index contributed by atoms with van der Waals surface area (Å²) in [6, 6.07) is 3.75. The second kappa shape index (κ2) is 7.47. The third-order valence-electron chi connectivity index (χ3n) is 6.19. The third-order valence-corrected chi connectivity index (χ3v) is 6.19. The van der Waals surface area contributed by atoms with Crippen molar-refractivity contribution in [2.24, 2.45) is 24.3 Å². The summed E-state index contributed by atoms with van der Waals surface area (Å²) in [6.45, 7) is 7.05. The van der Waals surface area contributed by atoms with E-state index in [2.05, 4.69) is 20.8 Å². The van der Waals surface area contributed by atoms with Gasteiger partial charge in [-0.05, 0) is 41.4 Å². The molecule has 1 amide bonds. The number of allylic oxidation sites excluding steroid dienone is 1. The first-order valence-electron chi connectivity index (χ1n) is 10.6. The van der Waals surface area contributed by atoms with Crippen LogP contribution in [0.4, 0.5) is 13.2 Å². The van der Waals surface area contributed by atoms with Crippen molar-refractivity contribution in [2.45, 2.75) is 46.0 Å². The summed E-state index contributed by atoms with van der Waals surface area (Å²) in [6.07, 6.45) is -5.41. The second-order valence-corrected chi connectivity index (χ2v) is 10.0. The molecule has 2 aromatic heterocycles. The Morgan fingerprint density at radius 2 is 1.94 bits per heavy atom. The van der Waals surface area contributed by atoms with Gasteiger partial charge in [-0.2, -0.15) is 13.2 Å². The number of aliphatic hydroxyl groups is 1. The van der Waals surface area contributed by atoms with E-state index in [0.29, 0.717) is 18.6 Å². The van der Waals surface area contributed by atoms with Crippen LogP contribution in [0.25, 0.3) is 16.7 Å². The molecule has 1 saturated heterocycles. The third kappa shape index (κ3) is 3.96. The number of carbonyl (C=O) groups is 1. The fraction of sp³-hybridized carbons (Fsp3) is 0.591. The minimum atomic E-state index is -4.96. The Labute approximate surface area is 183 Å². The predicted octanol–water partition coefficient (Wildman–Crippen LogP) is 2.57. The molecule has 0 bridgehead atoms. The van der Waals surface area contributed by atoms with E-state index >= 15 is 0 Å². The van der Waals surface area contributed by atoms with Crippen LogP contribution in [0.5, 0.6) is 0 Å². The molecule has 0 spiro atoms. The molecule has 1 aliphatic carbocycles. The number of pyridine rings is 1. The number of amides is 1. The van der Waals surface area contributed by atoms with Crippen molar-refractivity contribution >= 4 is 22.6 Å². The van der Waals surface area contributed by atoms with Crippen LogP contribution in [-0.4, -0.2) is 55.4 Å². The first kappa shape index (κ1) is 22.6. The van der Waals surface area contributed by atoms with Crippen molar-refractivity contribution in [1.29, 1.82) is 0 Å². The highest BCUT2D eigenvalue weighted by Gasteiger charge is 2.48.